The van der Waals surface area contributed by atoms with E-state index in [1.807, 2.05) is 26.8 Å². The highest BCUT2D eigenvalue weighted by molar-refractivity contribution is 5.81. The number of carbonyl (C=O) groups is 1. The van der Waals surface area contributed by atoms with Gasteiger partial charge in [0.1, 0.15) is 12.0 Å². The first kappa shape index (κ1) is 17.2. The SMILES string of the molecule is CC.CCc1cc2[nH]c(CNC(=O)N3CC(F)C3)cc2cc1F. The number of nitrogens with one attached hydrogen (secondary N) is 2. The van der Waals surface area contributed by atoms with Gasteiger partial charge in [-0.15, -0.1) is 0 Å². The van der Waals surface area contributed by atoms with Crippen molar-refractivity contribution in [3.05, 3.63) is 35.3 Å². The van der Waals surface area contributed by atoms with E-state index in [2.05, 4.69) is 10.3 Å². The molecule has 1 aromatic heterocycles. The minimum absolute atomic E-state index is 0.156. The van der Waals surface area contributed by atoms with Crippen molar-refractivity contribution in [1.29, 1.82) is 0 Å². The lowest BCUT2D eigenvalue weighted by molar-refractivity contribution is 0.0896. The van der Waals surface area contributed by atoms with Crippen LogP contribution in [0.25, 0.3) is 10.9 Å². The monoisotopic (exact) mass is 323 g/mol. The number of aryl methyl sites for hydroxylation is 1. The second kappa shape index (κ2) is 7.44. The molecular formula is C17H23F2N3O. The molecule has 126 valence electrons. The summed E-state index contributed by atoms with van der Waals surface area (Å²) in [6.07, 6.45) is -0.272. The number of H-pyrrole nitrogens is 1. The molecule has 0 radical (unpaired) electrons. The van der Waals surface area contributed by atoms with Gasteiger partial charge in [0.05, 0.1) is 19.6 Å². The number of amides is 2. The van der Waals surface area contributed by atoms with Crippen LogP contribution in [0.4, 0.5) is 13.6 Å². The van der Waals surface area contributed by atoms with E-state index in [0.29, 0.717) is 18.5 Å². The fraction of sp³-hybridized carbons (Fsp3) is 0.471. The number of rotatable bonds is 3. The van der Waals surface area contributed by atoms with Crippen LogP contribution in [0.15, 0.2) is 18.2 Å². The van der Waals surface area contributed by atoms with Crippen molar-refractivity contribution in [2.75, 3.05) is 13.1 Å². The van der Waals surface area contributed by atoms with Crippen molar-refractivity contribution >= 4 is 16.9 Å². The van der Waals surface area contributed by atoms with Crippen molar-refractivity contribution in [3.8, 4) is 0 Å². The van der Waals surface area contributed by atoms with E-state index in [9.17, 15) is 13.6 Å². The Morgan fingerprint density at radius 3 is 2.65 bits per heavy atom. The summed E-state index contributed by atoms with van der Waals surface area (Å²) in [4.78, 5) is 16.3. The summed E-state index contributed by atoms with van der Waals surface area (Å²) in [7, 11) is 0. The zero-order valence-electron chi connectivity index (χ0n) is 13.7. The van der Waals surface area contributed by atoms with Gasteiger partial charge in [0, 0.05) is 16.6 Å². The van der Waals surface area contributed by atoms with Crippen LogP contribution >= 0.6 is 0 Å². The lowest BCUT2D eigenvalue weighted by atomic mass is 10.1. The zero-order valence-corrected chi connectivity index (χ0v) is 13.7. The van der Waals surface area contributed by atoms with Crippen LogP contribution in [-0.4, -0.2) is 35.2 Å². The maximum Gasteiger partial charge on any atom is 0.317 e. The van der Waals surface area contributed by atoms with E-state index < -0.39 is 6.17 Å². The van der Waals surface area contributed by atoms with E-state index >= 15 is 0 Å². The summed E-state index contributed by atoms with van der Waals surface area (Å²) in [5.41, 5.74) is 2.31. The first-order valence-electron chi connectivity index (χ1n) is 8.03. The van der Waals surface area contributed by atoms with Crippen molar-refractivity contribution < 1.29 is 13.6 Å². The molecule has 0 bridgehead atoms. The van der Waals surface area contributed by atoms with Gasteiger partial charge in [-0.1, -0.05) is 20.8 Å². The van der Waals surface area contributed by atoms with Crippen molar-refractivity contribution in [2.24, 2.45) is 0 Å². The van der Waals surface area contributed by atoms with Crippen molar-refractivity contribution in [3.63, 3.8) is 0 Å². The molecule has 1 fully saturated rings. The van der Waals surface area contributed by atoms with Crippen molar-refractivity contribution in [2.45, 2.75) is 39.9 Å². The molecule has 4 nitrogen and oxygen atoms in total. The molecular weight excluding hydrogens is 300 g/mol. The van der Waals surface area contributed by atoms with E-state index in [1.54, 1.807) is 6.07 Å². The second-order valence-electron chi connectivity index (χ2n) is 5.34. The summed E-state index contributed by atoms with van der Waals surface area (Å²) in [5, 5.41) is 3.50. The van der Waals surface area contributed by atoms with Gasteiger partial charge in [0.25, 0.3) is 0 Å². The molecule has 2 amide bonds. The maximum absolute atomic E-state index is 13.7. The van der Waals surface area contributed by atoms with Crippen LogP contribution in [-0.2, 0) is 13.0 Å². The Labute approximate surface area is 134 Å². The molecule has 1 aromatic carbocycles. The first-order chi connectivity index (χ1) is 11.1. The van der Waals surface area contributed by atoms with Gasteiger partial charge in [0.15, 0.2) is 0 Å². The van der Waals surface area contributed by atoms with Gasteiger partial charge in [-0.25, -0.2) is 13.6 Å². The maximum atomic E-state index is 13.7. The smallest absolute Gasteiger partial charge is 0.317 e. The van der Waals surface area contributed by atoms with E-state index in [4.69, 9.17) is 0 Å². The van der Waals surface area contributed by atoms with E-state index in [0.717, 1.165) is 16.6 Å². The lowest BCUT2D eigenvalue weighted by Gasteiger charge is -2.34. The number of aromatic amines is 1. The van der Waals surface area contributed by atoms with Gasteiger partial charge >= 0.3 is 6.03 Å². The summed E-state index contributed by atoms with van der Waals surface area (Å²) >= 11 is 0. The number of hydrogen-bond acceptors (Lipinski definition) is 1. The Balaban J connectivity index is 0.000000924. The molecule has 3 rings (SSSR count). The molecule has 0 spiro atoms. The number of aromatic nitrogens is 1. The minimum atomic E-state index is -0.903. The number of benzene rings is 1. The second-order valence-corrected chi connectivity index (χ2v) is 5.34. The van der Waals surface area contributed by atoms with Crippen LogP contribution in [0, 0.1) is 5.82 Å². The highest BCUT2D eigenvalue weighted by Gasteiger charge is 2.30. The van der Waals surface area contributed by atoms with Crippen molar-refractivity contribution in [1.82, 2.24) is 15.2 Å². The first-order valence-corrected chi connectivity index (χ1v) is 8.03. The number of likely N-dealkylation sites (tertiary alicyclic amines) is 1. The molecule has 0 unspecified atom stereocenters. The Bertz CT molecular complexity index is 678. The third kappa shape index (κ3) is 3.81. The molecule has 0 atom stereocenters. The van der Waals surface area contributed by atoms with Gasteiger partial charge in [-0.2, -0.15) is 0 Å². The molecule has 1 aliphatic rings. The molecule has 0 aliphatic carbocycles. The number of nitrogens with zero attached hydrogens (tertiary/aromatic N) is 1. The highest BCUT2D eigenvalue weighted by Crippen LogP contribution is 2.20. The number of hydrogen-bond donors (Lipinski definition) is 2. The Kier molecular flexibility index (Phi) is 5.58. The largest absolute Gasteiger partial charge is 0.357 e. The fourth-order valence-electron chi connectivity index (χ4n) is 2.50. The van der Waals surface area contributed by atoms with Gasteiger partial charge < -0.3 is 15.2 Å². The molecule has 6 heteroatoms. The molecule has 2 heterocycles. The molecule has 1 saturated heterocycles. The molecule has 2 N–H and O–H groups in total. The summed E-state index contributed by atoms with van der Waals surface area (Å²) in [5.74, 6) is -0.214. The Hall–Kier alpha value is -2.11. The van der Waals surface area contributed by atoms with Crippen LogP contribution < -0.4 is 5.32 Å². The average molecular weight is 323 g/mol. The van der Waals surface area contributed by atoms with E-state index in [-0.39, 0.29) is 24.9 Å². The van der Waals surface area contributed by atoms with E-state index in [1.165, 1.54) is 11.0 Å². The predicted octanol–water partition coefficient (Wildman–Crippen LogP) is 3.76. The molecule has 1 aliphatic heterocycles. The Morgan fingerprint density at radius 1 is 1.35 bits per heavy atom. The van der Waals surface area contributed by atoms with Gasteiger partial charge in [-0.05, 0) is 30.2 Å². The molecule has 0 saturated carbocycles. The summed E-state index contributed by atoms with van der Waals surface area (Å²) < 4.78 is 26.4. The van der Waals surface area contributed by atoms with Crippen LogP contribution in [0.1, 0.15) is 32.0 Å². The van der Waals surface area contributed by atoms with Gasteiger partial charge in [0.2, 0.25) is 0 Å². The number of carbonyl (C=O) groups excluding carboxylic acids is 1. The number of alkyl halides is 1. The average Bonchev–Trinajstić information content (AvgIpc) is 2.92. The Morgan fingerprint density at radius 2 is 2.04 bits per heavy atom. The van der Waals surface area contributed by atoms with Gasteiger partial charge in [-0.3, -0.25) is 0 Å². The summed E-state index contributed by atoms with van der Waals surface area (Å²) in [6, 6.07) is 4.83. The van der Waals surface area contributed by atoms with Crippen LogP contribution in [0.2, 0.25) is 0 Å². The van der Waals surface area contributed by atoms with Crippen LogP contribution in [0.5, 0.6) is 0 Å². The quantitative estimate of drug-likeness (QED) is 0.888. The summed E-state index contributed by atoms with van der Waals surface area (Å²) in [6.45, 7) is 6.52. The fourth-order valence-corrected chi connectivity index (χ4v) is 2.50. The van der Waals surface area contributed by atoms with Crippen LogP contribution in [0.3, 0.4) is 0 Å². The minimum Gasteiger partial charge on any atom is -0.357 e. The zero-order chi connectivity index (χ0) is 17.0. The number of urea groups is 1. The predicted molar refractivity (Wildman–Crippen MR) is 87.7 cm³/mol. The highest BCUT2D eigenvalue weighted by atomic mass is 19.1. The third-order valence-corrected chi connectivity index (χ3v) is 3.78. The molecule has 2 aromatic rings. The third-order valence-electron chi connectivity index (χ3n) is 3.78. The molecule has 23 heavy (non-hydrogen) atoms. The standard InChI is InChI=1S/C15H17F2N3O.C2H6/c1-2-9-5-14-10(4-13(9)17)3-12(19-14)6-18-15(21)20-7-11(16)8-20;1-2/h3-5,11,19H,2,6-8H2,1H3,(H,18,21);1-2H3. The normalized spacial score (nSPS) is 14.2. The lowest BCUT2D eigenvalue weighted by Crippen LogP contribution is -2.54. The number of fused-ring (bicyclic) bond motifs is 1. The topological polar surface area (TPSA) is 48.1 Å². The number of halogens is 2.